The lowest BCUT2D eigenvalue weighted by Crippen LogP contribution is -2.53. The molecule has 124 valence electrons. The highest BCUT2D eigenvalue weighted by Crippen LogP contribution is 2.51. The molecule has 0 saturated carbocycles. The Hall–Kier alpha value is -1.72. The van der Waals surface area contributed by atoms with Crippen molar-refractivity contribution in [1.82, 2.24) is 4.90 Å². The number of hydrogen-bond donors (Lipinski definition) is 0. The molecule has 0 N–H and O–H groups in total. The minimum atomic E-state index is -0.509. The van der Waals surface area contributed by atoms with Crippen LogP contribution < -0.4 is 0 Å². The standard InChI is InChI=1S/C20H21NO3/c1-2-6-15(7-3-1)12-21-13-18-16-8-4-5-9-17(16)20(14-21,24-18)19-22-10-11-23-19/h1-9,18-19H,10-14H2. The average molecular weight is 323 g/mol. The molecule has 2 fully saturated rings. The van der Waals surface area contributed by atoms with E-state index in [0.29, 0.717) is 13.2 Å². The fourth-order valence-electron chi connectivity index (χ4n) is 4.28. The summed E-state index contributed by atoms with van der Waals surface area (Å²) in [5.74, 6) is 0. The van der Waals surface area contributed by atoms with Crippen LogP contribution in [0.5, 0.6) is 0 Å². The molecule has 2 bridgehead atoms. The molecule has 2 atom stereocenters. The molecule has 4 heteroatoms. The van der Waals surface area contributed by atoms with Crippen molar-refractivity contribution in [2.24, 2.45) is 0 Å². The highest BCUT2D eigenvalue weighted by molar-refractivity contribution is 5.41. The fraction of sp³-hybridized carbons (Fsp3) is 0.400. The lowest BCUT2D eigenvalue weighted by molar-refractivity contribution is -0.250. The summed E-state index contributed by atoms with van der Waals surface area (Å²) >= 11 is 0. The average Bonchev–Trinajstić information content (AvgIpc) is 3.24. The van der Waals surface area contributed by atoms with Crippen LogP contribution in [-0.4, -0.2) is 37.5 Å². The predicted octanol–water partition coefficient (Wildman–Crippen LogP) is 2.84. The van der Waals surface area contributed by atoms with E-state index in [0.717, 1.165) is 19.6 Å². The number of ether oxygens (including phenoxy) is 3. The smallest absolute Gasteiger partial charge is 0.192 e. The zero-order valence-electron chi connectivity index (χ0n) is 13.6. The molecule has 2 aromatic rings. The SMILES string of the molecule is c1ccc(CN2CC3OC(C4OCCO4)(C2)c2ccccc23)cc1. The summed E-state index contributed by atoms with van der Waals surface area (Å²) in [6, 6.07) is 19.1. The van der Waals surface area contributed by atoms with Gasteiger partial charge in [0, 0.05) is 19.6 Å². The van der Waals surface area contributed by atoms with E-state index in [1.165, 1.54) is 16.7 Å². The first-order valence-electron chi connectivity index (χ1n) is 8.62. The van der Waals surface area contributed by atoms with Crippen LogP contribution in [0, 0.1) is 0 Å². The summed E-state index contributed by atoms with van der Waals surface area (Å²) in [4.78, 5) is 2.47. The van der Waals surface area contributed by atoms with Gasteiger partial charge in [0.1, 0.15) is 0 Å². The van der Waals surface area contributed by atoms with Crippen LogP contribution in [0.15, 0.2) is 54.6 Å². The van der Waals surface area contributed by atoms with Crippen molar-refractivity contribution in [3.8, 4) is 0 Å². The van der Waals surface area contributed by atoms with E-state index in [1.54, 1.807) is 0 Å². The topological polar surface area (TPSA) is 30.9 Å². The molecule has 2 aromatic carbocycles. The molecule has 5 rings (SSSR count). The first-order chi connectivity index (χ1) is 11.9. The molecule has 24 heavy (non-hydrogen) atoms. The van der Waals surface area contributed by atoms with Crippen LogP contribution in [0.2, 0.25) is 0 Å². The van der Waals surface area contributed by atoms with E-state index in [-0.39, 0.29) is 12.4 Å². The van der Waals surface area contributed by atoms with Crippen molar-refractivity contribution in [2.75, 3.05) is 26.3 Å². The second-order valence-corrected chi connectivity index (χ2v) is 6.81. The van der Waals surface area contributed by atoms with E-state index < -0.39 is 5.60 Å². The molecule has 3 aliphatic rings. The van der Waals surface area contributed by atoms with Gasteiger partial charge >= 0.3 is 0 Å². The molecule has 0 aliphatic carbocycles. The van der Waals surface area contributed by atoms with E-state index >= 15 is 0 Å². The maximum atomic E-state index is 6.52. The van der Waals surface area contributed by atoms with Crippen molar-refractivity contribution in [3.63, 3.8) is 0 Å². The number of morpholine rings is 1. The van der Waals surface area contributed by atoms with Gasteiger partial charge in [-0.2, -0.15) is 0 Å². The van der Waals surface area contributed by atoms with Gasteiger partial charge in [-0.25, -0.2) is 0 Å². The molecular formula is C20H21NO3. The normalized spacial score (nSPS) is 29.8. The highest BCUT2D eigenvalue weighted by atomic mass is 16.7. The second-order valence-electron chi connectivity index (χ2n) is 6.81. The van der Waals surface area contributed by atoms with E-state index in [9.17, 15) is 0 Å². The Morgan fingerprint density at radius 1 is 0.958 bits per heavy atom. The van der Waals surface area contributed by atoms with Gasteiger partial charge in [-0.15, -0.1) is 0 Å². The molecule has 0 radical (unpaired) electrons. The van der Waals surface area contributed by atoms with Gasteiger partial charge in [-0.3, -0.25) is 4.90 Å². The largest absolute Gasteiger partial charge is 0.354 e. The predicted molar refractivity (Wildman–Crippen MR) is 89.4 cm³/mol. The Bertz CT molecular complexity index is 729. The summed E-state index contributed by atoms with van der Waals surface area (Å²) in [5, 5.41) is 0. The lowest BCUT2D eigenvalue weighted by atomic mass is 9.91. The summed E-state index contributed by atoms with van der Waals surface area (Å²) in [7, 11) is 0. The van der Waals surface area contributed by atoms with Crippen LogP contribution >= 0.6 is 0 Å². The quantitative estimate of drug-likeness (QED) is 0.869. The third-order valence-electron chi connectivity index (χ3n) is 5.25. The van der Waals surface area contributed by atoms with Crippen LogP contribution in [0.3, 0.4) is 0 Å². The van der Waals surface area contributed by atoms with Crippen molar-refractivity contribution in [1.29, 1.82) is 0 Å². The maximum absolute atomic E-state index is 6.52. The Labute approximate surface area is 141 Å². The molecule has 3 heterocycles. The Morgan fingerprint density at radius 3 is 2.54 bits per heavy atom. The summed E-state index contributed by atoms with van der Waals surface area (Å²) in [6.45, 7) is 3.90. The van der Waals surface area contributed by atoms with Crippen molar-refractivity contribution in [2.45, 2.75) is 24.5 Å². The molecular weight excluding hydrogens is 302 g/mol. The van der Waals surface area contributed by atoms with Crippen LogP contribution in [0.1, 0.15) is 22.8 Å². The van der Waals surface area contributed by atoms with E-state index in [2.05, 4.69) is 59.5 Å². The fourth-order valence-corrected chi connectivity index (χ4v) is 4.28. The zero-order chi connectivity index (χ0) is 16.0. The van der Waals surface area contributed by atoms with Crippen molar-refractivity contribution < 1.29 is 14.2 Å². The third kappa shape index (κ3) is 2.22. The summed E-state index contributed by atoms with van der Waals surface area (Å²) in [6.07, 6.45) is -0.228. The molecule has 2 unspecified atom stereocenters. The number of rotatable bonds is 3. The molecule has 3 aliphatic heterocycles. The van der Waals surface area contributed by atoms with Gasteiger partial charge in [-0.05, 0) is 16.7 Å². The van der Waals surface area contributed by atoms with Gasteiger partial charge < -0.3 is 14.2 Å². The Kier molecular flexibility index (Phi) is 3.45. The van der Waals surface area contributed by atoms with Crippen molar-refractivity contribution in [3.05, 3.63) is 71.3 Å². The molecule has 0 spiro atoms. The van der Waals surface area contributed by atoms with Gasteiger partial charge in [0.05, 0.1) is 19.3 Å². The monoisotopic (exact) mass is 323 g/mol. The molecule has 0 aromatic heterocycles. The van der Waals surface area contributed by atoms with Crippen molar-refractivity contribution >= 4 is 0 Å². The first-order valence-corrected chi connectivity index (χ1v) is 8.62. The number of nitrogens with zero attached hydrogens (tertiary/aromatic N) is 1. The minimum absolute atomic E-state index is 0.0893. The van der Waals surface area contributed by atoms with Gasteiger partial charge in [0.2, 0.25) is 0 Å². The molecule has 0 amide bonds. The lowest BCUT2D eigenvalue weighted by Gasteiger charge is -2.43. The van der Waals surface area contributed by atoms with Crippen LogP contribution in [0.4, 0.5) is 0 Å². The summed E-state index contributed by atoms with van der Waals surface area (Å²) < 4.78 is 18.3. The first kappa shape index (κ1) is 14.6. The number of fused-ring (bicyclic) bond motifs is 5. The highest BCUT2D eigenvalue weighted by Gasteiger charge is 2.56. The summed E-state index contributed by atoms with van der Waals surface area (Å²) in [5.41, 5.74) is 3.33. The van der Waals surface area contributed by atoms with Crippen LogP contribution in [0.25, 0.3) is 0 Å². The molecule has 4 nitrogen and oxygen atoms in total. The minimum Gasteiger partial charge on any atom is -0.354 e. The van der Waals surface area contributed by atoms with Gasteiger partial charge in [0.25, 0.3) is 0 Å². The van der Waals surface area contributed by atoms with E-state index in [1.807, 2.05) is 0 Å². The van der Waals surface area contributed by atoms with Gasteiger partial charge in [-0.1, -0.05) is 54.6 Å². The Balaban J connectivity index is 1.50. The number of hydrogen-bond acceptors (Lipinski definition) is 4. The zero-order valence-corrected chi connectivity index (χ0v) is 13.6. The maximum Gasteiger partial charge on any atom is 0.192 e. The molecule has 2 saturated heterocycles. The second kappa shape index (κ2) is 5.67. The third-order valence-corrected chi connectivity index (χ3v) is 5.25. The van der Waals surface area contributed by atoms with Gasteiger partial charge in [0.15, 0.2) is 11.9 Å². The van der Waals surface area contributed by atoms with E-state index in [4.69, 9.17) is 14.2 Å². The van der Waals surface area contributed by atoms with Crippen LogP contribution in [-0.2, 0) is 26.4 Å². The Morgan fingerprint density at radius 2 is 1.71 bits per heavy atom. The number of benzene rings is 2.